The normalized spacial score (nSPS) is 13.7. The van der Waals surface area contributed by atoms with E-state index in [9.17, 15) is 18.0 Å². The third-order valence-corrected chi connectivity index (χ3v) is 6.62. The smallest absolute Gasteiger partial charge is 0.361 e. The Hall–Kier alpha value is -3.43. The van der Waals surface area contributed by atoms with Gasteiger partial charge >= 0.3 is 6.18 Å². The van der Waals surface area contributed by atoms with Gasteiger partial charge in [0, 0.05) is 26.9 Å². The summed E-state index contributed by atoms with van der Waals surface area (Å²) in [5.74, 6) is -0.563. The molecule has 9 heteroatoms. The van der Waals surface area contributed by atoms with Crippen molar-refractivity contribution < 1.29 is 18.0 Å². The summed E-state index contributed by atoms with van der Waals surface area (Å²) in [6, 6.07) is 16.0. The number of amides is 1. The maximum absolute atomic E-state index is 13.6. The Morgan fingerprint density at radius 2 is 1.82 bits per heavy atom. The summed E-state index contributed by atoms with van der Waals surface area (Å²) in [5, 5.41) is 6.73. The Kier molecular flexibility index (Phi) is 5.30. The van der Waals surface area contributed by atoms with E-state index in [1.54, 1.807) is 6.20 Å². The quantitative estimate of drug-likeness (QED) is 0.265. The highest BCUT2D eigenvalue weighted by atomic mass is 32.2. The molecule has 1 aromatic heterocycles. The van der Waals surface area contributed by atoms with Crippen LogP contribution in [0.1, 0.15) is 11.1 Å². The number of hydrogen-bond acceptors (Lipinski definition) is 4. The molecule has 0 saturated heterocycles. The fraction of sp³-hybridized carbons (Fsp3) is 0.125. The van der Waals surface area contributed by atoms with Gasteiger partial charge in [-0.25, -0.2) is 0 Å². The number of H-pyrrole nitrogens is 1. The largest absolute Gasteiger partial charge is 0.416 e. The predicted molar refractivity (Wildman–Crippen MR) is 124 cm³/mol. The lowest BCUT2D eigenvalue weighted by molar-refractivity contribution is -0.137. The number of nitrogens with one attached hydrogen (secondary N) is 3. The number of aromatic amines is 1. The molecule has 1 aliphatic rings. The van der Waals surface area contributed by atoms with Crippen LogP contribution in [0, 0.1) is 0 Å². The first-order valence-corrected chi connectivity index (χ1v) is 11.0. The molecule has 168 valence electrons. The molecule has 4 aromatic rings. The van der Waals surface area contributed by atoms with Crippen molar-refractivity contribution in [2.75, 3.05) is 10.6 Å². The van der Waals surface area contributed by atoms with E-state index in [1.165, 1.54) is 11.8 Å². The zero-order chi connectivity index (χ0) is 23.2. The molecule has 0 aliphatic carbocycles. The third kappa shape index (κ3) is 4.17. The lowest BCUT2D eigenvalue weighted by Gasteiger charge is -2.25. The second kappa shape index (κ2) is 8.17. The van der Waals surface area contributed by atoms with Crippen molar-refractivity contribution in [3.8, 4) is 0 Å². The Morgan fingerprint density at radius 1 is 1.06 bits per heavy atom. The summed E-state index contributed by atoms with van der Waals surface area (Å²) < 4.78 is 40.7. The van der Waals surface area contributed by atoms with Crippen LogP contribution in [0.5, 0.6) is 0 Å². The third-order valence-electron chi connectivity index (χ3n) is 5.51. The summed E-state index contributed by atoms with van der Waals surface area (Å²) in [6.45, 7) is 0. The van der Waals surface area contributed by atoms with Crippen molar-refractivity contribution in [2.45, 2.75) is 28.4 Å². The second-order valence-electron chi connectivity index (χ2n) is 7.78. The van der Waals surface area contributed by atoms with Crippen LogP contribution in [0.15, 0.2) is 76.7 Å². The standard InChI is InChI=1S/C24H19F3N4OS/c25-24(26,27)14-10-19(22-21(11-14)33-20-8-4-3-7-18(20)30-22)31-23(32)16(28)9-13-12-29-17-6-2-1-5-15(13)17/h1-8,10-12,16,29-30H,9,28H2,(H,31,32). The summed E-state index contributed by atoms with van der Waals surface area (Å²) in [4.78, 5) is 17.2. The monoisotopic (exact) mass is 468 g/mol. The van der Waals surface area contributed by atoms with Crippen molar-refractivity contribution in [3.05, 3.63) is 78.0 Å². The number of hydrogen-bond donors (Lipinski definition) is 4. The lowest BCUT2D eigenvalue weighted by atomic mass is 10.0. The van der Waals surface area contributed by atoms with Crippen molar-refractivity contribution in [2.24, 2.45) is 5.73 Å². The van der Waals surface area contributed by atoms with Crippen LogP contribution in [0.2, 0.25) is 0 Å². The Balaban J connectivity index is 1.44. The number of aromatic nitrogens is 1. The topological polar surface area (TPSA) is 82.9 Å². The number of halogens is 3. The Labute approximate surface area is 191 Å². The maximum atomic E-state index is 13.6. The van der Waals surface area contributed by atoms with E-state index in [2.05, 4.69) is 15.6 Å². The van der Waals surface area contributed by atoms with E-state index in [0.29, 0.717) is 10.6 Å². The summed E-state index contributed by atoms with van der Waals surface area (Å²) in [7, 11) is 0. The van der Waals surface area contributed by atoms with Crippen molar-refractivity contribution in [1.82, 2.24) is 4.98 Å². The molecule has 5 N–H and O–H groups in total. The fourth-order valence-corrected chi connectivity index (χ4v) is 4.92. The van der Waals surface area contributed by atoms with E-state index in [4.69, 9.17) is 5.73 Å². The summed E-state index contributed by atoms with van der Waals surface area (Å²) in [6.07, 6.45) is -2.53. The van der Waals surface area contributed by atoms with Crippen LogP contribution >= 0.6 is 11.8 Å². The average Bonchev–Trinajstić information content (AvgIpc) is 3.20. The van der Waals surface area contributed by atoms with E-state index in [1.807, 2.05) is 48.5 Å². The highest BCUT2D eigenvalue weighted by Crippen LogP contribution is 2.49. The minimum absolute atomic E-state index is 0.0428. The van der Waals surface area contributed by atoms with Crippen LogP contribution in [-0.2, 0) is 17.4 Å². The molecule has 3 aromatic carbocycles. The number of para-hydroxylation sites is 2. The number of rotatable bonds is 4. The lowest BCUT2D eigenvalue weighted by Crippen LogP contribution is -2.37. The van der Waals surface area contributed by atoms with E-state index in [0.717, 1.165) is 39.2 Å². The molecule has 1 aliphatic heterocycles. The number of fused-ring (bicyclic) bond motifs is 3. The number of anilines is 3. The zero-order valence-electron chi connectivity index (χ0n) is 17.2. The average molecular weight is 469 g/mol. The van der Waals surface area contributed by atoms with Crippen LogP contribution in [0.4, 0.5) is 30.2 Å². The molecule has 1 unspecified atom stereocenters. The Bertz CT molecular complexity index is 1370. The SMILES string of the molecule is NC(Cc1c[nH]c2ccccc12)C(=O)Nc1cc(C(F)(F)F)cc2c1Nc1ccccc1S2. The van der Waals surface area contributed by atoms with Gasteiger partial charge in [0.05, 0.1) is 28.7 Å². The molecule has 0 saturated carbocycles. The molecular formula is C24H19F3N4OS. The number of carbonyl (C=O) groups is 1. The fourth-order valence-electron chi connectivity index (χ4n) is 3.85. The van der Waals surface area contributed by atoms with Crippen LogP contribution in [0.3, 0.4) is 0 Å². The first-order valence-electron chi connectivity index (χ1n) is 10.2. The van der Waals surface area contributed by atoms with Gasteiger partial charge in [0.2, 0.25) is 5.91 Å². The number of carbonyl (C=O) groups excluding carboxylic acids is 1. The molecule has 5 rings (SSSR count). The molecule has 1 atom stereocenters. The molecule has 5 nitrogen and oxygen atoms in total. The predicted octanol–water partition coefficient (Wildman–Crippen LogP) is 5.90. The molecule has 0 bridgehead atoms. The van der Waals surface area contributed by atoms with Gasteiger partial charge in [0.25, 0.3) is 0 Å². The van der Waals surface area contributed by atoms with Gasteiger partial charge in [0.15, 0.2) is 0 Å². The molecular weight excluding hydrogens is 449 g/mol. The summed E-state index contributed by atoms with van der Waals surface area (Å²) in [5.41, 5.74) is 8.32. The number of alkyl halides is 3. The molecule has 0 fully saturated rings. The molecule has 33 heavy (non-hydrogen) atoms. The van der Waals surface area contributed by atoms with Crippen molar-refractivity contribution in [1.29, 1.82) is 0 Å². The Morgan fingerprint density at radius 3 is 2.64 bits per heavy atom. The van der Waals surface area contributed by atoms with Gasteiger partial charge in [-0.1, -0.05) is 42.1 Å². The molecule has 0 radical (unpaired) electrons. The maximum Gasteiger partial charge on any atom is 0.416 e. The molecule has 0 spiro atoms. The van der Waals surface area contributed by atoms with Crippen LogP contribution < -0.4 is 16.4 Å². The highest BCUT2D eigenvalue weighted by molar-refractivity contribution is 7.99. The van der Waals surface area contributed by atoms with E-state index >= 15 is 0 Å². The first-order chi connectivity index (χ1) is 15.8. The van der Waals surface area contributed by atoms with Gasteiger partial charge in [-0.05, 0) is 42.3 Å². The molecule has 2 heterocycles. The van der Waals surface area contributed by atoms with Gasteiger partial charge in [0.1, 0.15) is 0 Å². The van der Waals surface area contributed by atoms with Gasteiger partial charge in [-0.2, -0.15) is 13.2 Å². The minimum Gasteiger partial charge on any atom is -0.361 e. The number of nitrogens with two attached hydrogens (primary N) is 1. The van der Waals surface area contributed by atoms with Gasteiger partial charge in [-0.15, -0.1) is 0 Å². The zero-order valence-corrected chi connectivity index (χ0v) is 18.0. The second-order valence-corrected chi connectivity index (χ2v) is 8.86. The first kappa shape index (κ1) is 21.4. The van der Waals surface area contributed by atoms with Gasteiger partial charge < -0.3 is 21.4 Å². The van der Waals surface area contributed by atoms with Crippen LogP contribution in [-0.4, -0.2) is 16.9 Å². The van der Waals surface area contributed by atoms with Crippen molar-refractivity contribution >= 4 is 45.6 Å². The van der Waals surface area contributed by atoms with Gasteiger partial charge in [-0.3, -0.25) is 4.79 Å². The van der Waals surface area contributed by atoms with E-state index in [-0.39, 0.29) is 12.1 Å². The summed E-state index contributed by atoms with van der Waals surface area (Å²) >= 11 is 1.22. The molecule has 1 amide bonds. The van der Waals surface area contributed by atoms with E-state index < -0.39 is 23.7 Å². The minimum atomic E-state index is -4.56. The number of benzene rings is 3. The van der Waals surface area contributed by atoms with Crippen molar-refractivity contribution in [3.63, 3.8) is 0 Å². The highest BCUT2D eigenvalue weighted by Gasteiger charge is 2.34. The van der Waals surface area contributed by atoms with Crippen LogP contribution in [0.25, 0.3) is 10.9 Å².